The Labute approximate surface area is 150 Å². The smallest absolute Gasteiger partial charge is 0.147 e. The maximum Gasteiger partial charge on any atom is 0.147 e. The fraction of sp³-hybridized carbons (Fsp3) is 0.789. The average molecular weight is 345 g/mol. The van der Waals surface area contributed by atoms with Crippen molar-refractivity contribution in [2.75, 3.05) is 44.2 Å². The molecule has 3 aliphatic rings. The number of hydrogen-bond acceptors (Lipinski definition) is 6. The zero-order chi connectivity index (χ0) is 17.1. The molecule has 2 N–H and O–H groups in total. The van der Waals surface area contributed by atoms with Crippen LogP contribution in [0.5, 0.6) is 0 Å². The highest BCUT2D eigenvalue weighted by atomic mass is 16.3. The molecule has 6 heteroatoms. The van der Waals surface area contributed by atoms with Crippen molar-refractivity contribution >= 4 is 5.82 Å². The van der Waals surface area contributed by atoms with Crippen molar-refractivity contribution in [3.63, 3.8) is 0 Å². The van der Waals surface area contributed by atoms with E-state index in [1.807, 2.05) is 0 Å². The number of hydrogen-bond donors (Lipinski definition) is 2. The van der Waals surface area contributed by atoms with Crippen molar-refractivity contribution in [2.24, 2.45) is 5.41 Å². The fourth-order valence-electron chi connectivity index (χ4n) is 5.05. The van der Waals surface area contributed by atoms with Crippen LogP contribution in [0.2, 0.25) is 0 Å². The van der Waals surface area contributed by atoms with Gasteiger partial charge in [0.15, 0.2) is 0 Å². The van der Waals surface area contributed by atoms with Crippen molar-refractivity contribution in [1.29, 1.82) is 0 Å². The first-order chi connectivity index (χ1) is 12.2. The zero-order valence-electron chi connectivity index (χ0n) is 15.1. The van der Waals surface area contributed by atoms with Gasteiger partial charge in [-0.15, -0.1) is 0 Å². The van der Waals surface area contributed by atoms with E-state index in [1.165, 1.54) is 51.6 Å². The minimum absolute atomic E-state index is 0.320. The summed E-state index contributed by atoms with van der Waals surface area (Å²) in [6.07, 6.45) is 12.9. The van der Waals surface area contributed by atoms with Gasteiger partial charge < -0.3 is 15.3 Å². The predicted octanol–water partition coefficient (Wildman–Crippen LogP) is 1.27. The van der Waals surface area contributed by atoms with Crippen LogP contribution in [0.4, 0.5) is 5.82 Å². The van der Waals surface area contributed by atoms with E-state index < -0.39 is 0 Å². The van der Waals surface area contributed by atoms with Gasteiger partial charge in [-0.2, -0.15) is 0 Å². The first-order valence-corrected chi connectivity index (χ1v) is 9.88. The van der Waals surface area contributed by atoms with Crippen LogP contribution in [0.3, 0.4) is 0 Å². The average Bonchev–Trinajstić information content (AvgIpc) is 2.85. The molecular weight excluding hydrogens is 314 g/mol. The summed E-state index contributed by atoms with van der Waals surface area (Å²) < 4.78 is 0. The van der Waals surface area contributed by atoms with Gasteiger partial charge in [-0.1, -0.05) is 0 Å². The third-order valence-corrected chi connectivity index (χ3v) is 6.60. The lowest BCUT2D eigenvalue weighted by atomic mass is 9.67. The molecule has 0 bridgehead atoms. The molecule has 6 nitrogen and oxygen atoms in total. The highest BCUT2D eigenvalue weighted by Gasteiger charge is 2.38. The van der Waals surface area contributed by atoms with Gasteiger partial charge in [0.2, 0.25) is 0 Å². The summed E-state index contributed by atoms with van der Waals surface area (Å²) in [5.41, 5.74) is 0.609. The summed E-state index contributed by atoms with van der Waals surface area (Å²) in [6.45, 7) is 5.75. The zero-order valence-corrected chi connectivity index (χ0v) is 15.1. The molecule has 4 rings (SSSR count). The van der Waals surface area contributed by atoms with Gasteiger partial charge >= 0.3 is 0 Å². The van der Waals surface area contributed by atoms with Gasteiger partial charge in [-0.25, -0.2) is 4.98 Å². The van der Waals surface area contributed by atoms with Crippen molar-refractivity contribution in [2.45, 2.75) is 50.7 Å². The summed E-state index contributed by atoms with van der Waals surface area (Å²) >= 11 is 0. The Morgan fingerprint density at radius 3 is 2.56 bits per heavy atom. The van der Waals surface area contributed by atoms with E-state index in [0.717, 1.165) is 25.5 Å². The molecule has 3 fully saturated rings. The molecule has 1 saturated carbocycles. The Morgan fingerprint density at radius 1 is 1.04 bits per heavy atom. The first-order valence-electron chi connectivity index (χ1n) is 9.88. The van der Waals surface area contributed by atoms with E-state index in [1.54, 1.807) is 18.6 Å². The quantitative estimate of drug-likeness (QED) is 0.842. The van der Waals surface area contributed by atoms with Crippen LogP contribution >= 0.6 is 0 Å². The lowest BCUT2D eigenvalue weighted by molar-refractivity contribution is 0.0467. The monoisotopic (exact) mass is 345 g/mol. The summed E-state index contributed by atoms with van der Waals surface area (Å²) in [5.74, 6) is 0.876. The Hall–Kier alpha value is -1.24. The molecule has 1 aromatic heterocycles. The highest BCUT2D eigenvalue weighted by Crippen LogP contribution is 2.44. The second kappa shape index (κ2) is 7.56. The Kier molecular flexibility index (Phi) is 5.20. The topological polar surface area (TPSA) is 64.5 Å². The molecule has 25 heavy (non-hydrogen) atoms. The van der Waals surface area contributed by atoms with Crippen molar-refractivity contribution in [3.05, 3.63) is 18.6 Å². The van der Waals surface area contributed by atoms with Crippen LogP contribution in [-0.4, -0.2) is 71.4 Å². The summed E-state index contributed by atoms with van der Waals surface area (Å²) in [4.78, 5) is 13.3. The SMILES string of the molecule is O[C@H]1CN(c2cnccn2)CCN(C2CCC3(CCNCC3)CC2)C1. The van der Waals surface area contributed by atoms with Crippen molar-refractivity contribution in [1.82, 2.24) is 20.2 Å². The van der Waals surface area contributed by atoms with E-state index >= 15 is 0 Å². The molecule has 1 atom stereocenters. The molecule has 0 unspecified atom stereocenters. The number of piperidine rings is 1. The summed E-state index contributed by atoms with van der Waals surface area (Å²) in [5, 5.41) is 14.0. The predicted molar refractivity (Wildman–Crippen MR) is 98.6 cm³/mol. The lowest BCUT2D eigenvalue weighted by Crippen LogP contribution is -2.46. The minimum Gasteiger partial charge on any atom is -0.390 e. The maximum absolute atomic E-state index is 10.5. The summed E-state index contributed by atoms with van der Waals surface area (Å²) in [6, 6.07) is 0.636. The molecule has 0 aromatic carbocycles. The van der Waals surface area contributed by atoms with E-state index in [2.05, 4.69) is 25.1 Å². The number of β-amino-alcohol motifs (C(OH)–C–C–N with tert-alkyl or cyclic N) is 1. The molecular formula is C19H31N5O. The van der Waals surface area contributed by atoms with Gasteiger partial charge in [-0.05, 0) is 57.0 Å². The molecule has 3 heterocycles. The Morgan fingerprint density at radius 2 is 1.84 bits per heavy atom. The molecule has 1 aromatic rings. The van der Waals surface area contributed by atoms with Crippen LogP contribution in [0.25, 0.3) is 0 Å². The molecule has 2 aliphatic heterocycles. The van der Waals surface area contributed by atoms with Crippen LogP contribution in [0, 0.1) is 5.41 Å². The summed E-state index contributed by atoms with van der Waals surface area (Å²) in [7, 11) is 0. The molecule has 2 saturated heterocycles. The number of aliphatic hydroxyl groups excluding tert-OH is 1. The number of aromatic nitrogens is 2. The highest BCUT2D eigenvalue weighted by molar-refractivity contribution is 5.35. The second-order valence-corrected chi connectivity index (χ2v) is 8.14. The molecule has 138 valence electrons. The number of nitrogens with one attached hydrogen (secondary N) is 1. The van der Waals surface area contributed by atoms with Gasteiger partial charge in [0.05, 0.1) is 12.3 Å². The van der Waals surface area contributed by atoms with E-state index in [0.29, 0.717) is 18.0 Å². The van der Waals surface area contributed by atoms with Crippen LogP contribution in [-0.2, 0) is 0 Å². The largest absolute Gasteiger partial charge is 0.390 e. The number of nitrogens with zero attached hydrogens (tertiary/aromatic N) is 4. The van der Waals surface area contributed by atoms with Gasteiger partial charge in [-0.3, -0.25) is 9.88 Å². The van der Waals surface area contributed by atoms with Crippen LogP contribution in [0.1, 0.15) is 38.5 Å². The first kappa shape index (κ1) is 17.2. The normalized spacial score (nSPS) is 28.8. The Bertz CT molecular complexity index is 538. The molecule has 1 spiro atoms. The van der Waals surface area contributed by atoms with Gasteiger partial charge in [0.25, 0.3) is 0 Å². The van der Waals surface area contributed by atoms with Gasteiger partial charge in [0, 0.05) is 44.6 Å². The molecule has 0 radical (unpaired) electrons. The van der Waals surface area contributed by atoms with Crippen LogP contribution in [0.15, 0.2) is 18.6 Å². The van der Waals surface area contributed by atoms with Crippen LogP contribution < -0.4 is 10.2 Å². The Balaban J connectivity index is 1.36. The van der Waals surface area contributed by atoms with Crippen molar-refractivity contribution in [3.8, 4) is 0 Å². The lowest BCUT2D eigenvalue weighted by Gasteiger charge is -2.45. The van der Waals surface area contributed by atoms with Crippen molar-refractivity contribution < 1.29 is 5.11 Å². The number of anilines is 1. The standard InChI is InChI=1S/C19H31N5O/c25-17-14-23(11-12-24(15-17)18-13-21-9-10-22-18)16-1-3-19(4-2-16)5-7-20-8-6-19/h9-10,13,16-17,20,25H,1-8,11-12,14-15H2/t17-/m1/s1. The fourth-order valence-corrected chi connectivity index (χ4v) is 5.05. The van der Waals surface area contributed by atoms with E-state index in [-0.39, 0.29) is 6.10 Å². The molecule has 0 amide bonds. The number of rotatable bonds is 2. The number of aliphatic hydroxyl groups is 1. The minimum atomic E-state index is -0.320. The molecule has 1 aliphatic carbocycles. The van der Waals surface area contributed by atoms with Gasteiger partial charge in [0.1, 0.15) is 5.82 Å². The maximum atomic E-state index is 10.5. The third kappa shape index (κ3) is 3.96. The van der Waals surface area contributed by atoms with E-state index in [4.69, 9.17) is 0 Å². The third-order valence-electron chi connectivity index (χ3n) is 6.60. The second-order valence-electron chi connectivity index (χ2n) is 8.14. The van der Waals surface area contributed by atoms with E-state index in [9.17, 15) is 5.11 Å².